The molecule has 0 bridgehead atoms. The summed E-state index contributed by atoms with van der Waals surface area (Å²) < 4.78 is 5.31. The summed E-state index contributed by atoms with van der Waals surface area (Å²) in [5, 5.41) is 3.62. The predicted molar refractivity (Wildman–Crippen MR) is 95.2 cm³/mol. The Morgan fingerprint density at radius 3 is 3.00 bits per heavy atom. The number of rotatable bonds is 3. The van der Waals surface area contributed by atoms with Crippen molar-refractivity contribution in [1.82, 2.24) is 15.3 Å². The molecule has 0 spiro atoms. The lowest BCUT2D eigenvalue weighted by molar-refractivity contribution is 0.340. The Kier molecular flexibility index (Phi) is 3.98. The fourth-order valence-electron chi connectivity index (χ4n) is 3.78. The Balaban J connectivity index is 1.64. The number of nitrogens with zero attached hydrogens (tertiary/aromatic N) is 3. The highest BCUT2D eigenvalue weighted by Gasteiger charge is 2.35. The second-order valence-corrected chi connectivity index (χ2v) is 6.57. The van der Waals surface area contributed by atoms with Crippen LogP contribution < -0.4 is 20.7 Å². The van der Waals surface area contributed by atoms with E-state index < -0.39 is 0 Å². The lowest BCUT2D eigenvalue weighted by Gasteiger charge is -2.24. The molecule has 0 saturated carbocycles. The SMILES string of the molecule is COc1cccc(-c2cc(N3C[C@H]4CCCN[C@H]4C3)nc(N)n2)c1. The molecule has 0 aliphatic carbocycles. The molecule has 6 nitrogen and oxygen atoms in total. The van der Waals surface area contributed by atoms with E-state index in [9.17, 15) is 0 Å². The van der Waals surface area contributed by atoms with Crippen LogP contribution in [-0.2, 0) is 0 Å². The number of nitrogens with one attached hydrogen (secondary N) is 1. The van der Waals surface area contributed by atoms with Crippen LogP contribution in [-0.4, -0.2) is 42.8 Å². The van der Waals surface area contributed by atoms with Crippen molar-refractivity contribution in [3.8, 4) is 17.0 Å². The van der Waals surface area contributed by atoms with Crippen molar-refractivity contribution in [3.63, 3.8) is 0 Å². The molecule has 0 amide bonds. The van der Waals surface area contributed by atoms with Crippen LogP contribution in [0.3, 0.4) is 0 Å². The summed E-state index contributed by atoms with van der Waals surface area (Å²) in [5.41, 5.74) is 7.80. The Hall–Kier alpha value is -2.34. The summed E-state index contributed by atoms with van der Waals surface area (Å²) >= 11 is 0. The van der Waals surface area contributed by atoms with Crippen LogP contribution in [0.4, 0.5) is 11.8 Å². The zero-order chi connectivity index (χ0) is 16.5. The minimum atomic E-state index is 0.313. The molecule has 6 heteroatoms. The van der Waals surface area contributed by atoms with Gasteiger partial charge >= 0.3 is 0 Å². The van der Waals surface area contributed by atoms with Crippen molar-refractivity contribution in [3.05, 3.63) is 30.3 Å². The summed E-state index contributed by atoms with van der Waals surface area (Å²) in [6.07, 6.45) is 2.55. The molecule has 1 aromatic carbocycles. The van der Waals surface area contributed by atoms with Gasteiger partial charge < -0.3 is 20.7 Å². The number of ether oxygens (including phenoxy) is 1. The van der Waals surface area contributed by atoms with E-state index >= 15 is 0 Å². The first-order chi connectivity index (χ1) is 11.7. The molecule has 2 fully saturated rings. The van der Waals surface area contributed by atoms with E-state index in [0.717, 1.165) is 42.5 Å². The molecular weight excluding hydrogens is 302 g/mol. The second kappa shape index (κ2) is 6.28. The molecule has 2 aromatic rings. The van der Waals surface area contributed by atoms with Crippen molar-refractivity contribution in [1.29, 1.82) is 0 Å². The molecule has 126 valence electrons. The van der Waals surface area contributed by atoms with E-state index in [4.69, 9.17) is 10.5 Å². The molecule has 2 aliphatic heterocycles. The highest BCUT2D eigenvalue weighted by molar-refractivity contribution is 5.66. The highest BCUT2D eigenvalue weighted by atomic mass is 16.5. The average Bonchev–Trinajstić information content (AvgIpc) is 3.05. The number of nitrogen functional groups attached to an aromatic ring is 1. The molecule has 0 unspecified atom stereocenters. The first kappa shape index (κ1) is 15.2. The lowest BCUT2D eigenvalue weighted by atomic mass is 9.94. The molecule has 2 saturated heterocycles. The molecule has 4 rings (SSSR count). The second-order valence-electron chi connectivity index (χ2n) is 6.57. The molecule has 2 atom stereocenters. The van der Waals surface area contributed by atoms with Gasteiger partial charge in [-0.05, 0) is 37.4 Å². The first-order valence-corrected chi connectivity index (χ1v) is 8.50. The van der Waals surface area contributed by atoms with Gasteiger partial charge in [-0.2, -0.15) is 4.98 Å². The fourth-order valence-corrected chi connectivity index (χ4v) is 3.78. The summed E-state index contributed by atoms with van der Waals surface area (Å²) in [5.74, 6) is 2.74. The van der Waals surface area contributed by atoms with Gasteiger partial charge in [-0.15, -0.1) is 0 Å². The molecule has 3 heterocycles. The van der Waals surface area contributed by atoms with Crippen molar-refractivity contribution >= 4 is 11.8 Å². The number of anilines is 2. The number of aromatic nitrogens is 2. The van der Waals surface area contributed by atoms with Gasteiger partial charge in [0.05, 0.1) is 12.8 Å². The van der Waals surface area contributed by atoms with Crippen LogP contribution in [0, 0.1) is 5.92 Å². The Labute approximate surface area is 142 Å². The predicted octanol–water partition coefficient (Wildman–Crippen LogP) is 1.92. The van der Waals surface area contributed by atoms with Gasteiger partial charge in [-0.1, -0.05) is 12.1 Å². The summed E-state index contributed by atoms with van der Waals surface area (Å²) in [6.45, 7) is 3.14. The number of nitrogens with two attached hydrogens (primary N) is 1. The highest BCUT2D eigenvalue weighted by Crippen LogP contribution is 2.31. The molecule has 0 radical (unpaired) electrons. The zero-order valence-electron chi connectivity index (χ0n) is 13.9. The van der Waals surface area contributed by atoms with Crippen molar-refractivity contribution in [2.75, 3.05) is 37.4 Å². The zero-order valence-corrected chi connectivity index (χ0v) is 13.9. The van der Waals surface area contributed by atoms with Crippen LogP contribution in [0.15, 0.2) is 30.3 Å². The third-order valence-corrected chi connectivity index (χ3v) is 5.02. The summed E-state index contributed by atoms with van der Waals surface area (Å²) in [4.78, 5) is 11.2. The van der Waals surface area contributed by atoms with E-state index in [1.54, 1.807) is 7.11 Å². The topological polar surface area (TPSA) is 76.3 Å². The molecule has 3 N–H and O–H groups in total. The van der Waals surface area contributed by atoms with E-state index in [1.807, 2.05) is 30.3 Å². The number of piperidine rings is 1. The quantitative estimate of drug-likeness (QED) is 0.898. The van der Waals surface area contributed by atoms with E-state index in [1.165, 1.54) is 12.8 Å². The maximum atomic E-state index is 5.99. The van der Waals surface area contributed by atoms with Gasteiger partial charge in [0.2, 0.25) is 5.95 Å². The smallest absolute Gasteiger partial charge is 0.222 e. The van der Waals surface area contributed by atoms with Crippen molar-refractivity contribution < 1.29 is 4.74 Å². The lowest BCUT2D eigenvalue weighted by Crippen LogP contribution is -2.40. The molecule has 24 heavy (non-hydrogen) atoms. The van der Waals surface area contributed by atoms with Crippen LogP contribution >= 0.6 is 0 Å². The van der Waals surface area contributed by atoms with E-state index in [-0.39, 0.29) is 0 Å². The fraction of sp³-hybridized carbons (Fsp3) is 0.444. The van der Waals surface area contributed by atoms with Gasteiger partial charge in [0, 0.05) is 30.8 Å². The standard InChI is InChI=1S/C18H23N5O/c1-24-14-6-2-4-12(8-14)15-9-17(22-18(19)21-15)23-10-13-5-3-7-20-16(13)11-23/h2,4,6,8-9,13,16,20H,3,5,7,10-11H2,1H3,(H2,19,21,22)/t13-,16+/m1/s1. The molecule has 1 aromatic heterocycles. The van der Waals surface area contributed by atoms with Gasteiger partial charge in [0.15, 0.2) is 0 Å². The number of hydrogen-bond acceptors (Lipinski definition) is 6. The minimum Gasteiger partial charge on any atom is -0.497 e. The average molecular weight is 325 g/mol. The van der Waals surface area contributed by atoms with Crippen LogP contribution in [0.2, 0.25) is 0 Å². The summed E-state index contributed by atoms with van der Waals surface area (Å²) in [6, 6.07) is 10.5. The molecule has 2 aliphatic rings. The maximum Gasteiger partial charge on any atom is 0.222 e. The van der Waals surface area contributed by atoms with Crippen LogP contribution in [0.5, 0.6) is 5.75 Å². The Morgan fingerprint density at radius 2 is 2.17 bits per heavy atom. The maximum absolute atomic E-state index is 5.99. The van der Waals surface area contributed by atoms with Gasteiger partial charge in [-0.3, -0.25) is 0 Å². The summed E-state index contributed by atoms with van der Waals surface area (Å²) in [7, 11) is 1.66. The van der Waals surface area contributed by atoms with Crippen LogP contribution in [0.1, 0.15) is 12.8 Å². The third-order valence-electron chi connectivity index (χ3n) is 5.02. The number of fused-ring (bicyclic) bond motifs is 1. The number of hydrogen-bond donors (Lipinski definition) is 2. The van der Waals surface area contributed by atoms with Crippen LogP contribution in [0.25, 0.3) is 11.3 Å². The Morgan fingerprint density at radius 1 is 1.25 bits per heavy atom. The number of methoxy groups -OCH3 is 1. The van der Waals surface area contributed by atoms with Crippen molar-refractivity contribution in [2.24, 2.45) is 5.92 Å². The van der Waals surface area contributed by atoms with Crippen molar-refractivity contribution in [2.45, 2.75) is 18.9 Å². The molecular formula is C18H23N5O. The first-order valence-electron chi connectivity index (χ1n) is 8.50. The van der Waals surface area contributed by atoms with E-state index in [0.29, 0.717) is 17.9 Å². The van der Waals surface area contributed by atoms with Gasteiger partial charge in [0.25, 0.3) is 0 Å². The normalized spacial score (nSPS) is 23.1. The third kappa shape index (κ3) is 2.89. The number of benzene rings is 1. The minimum absolute atomic E-state index is 0.313. The van der Waals surface area contributed by atoms with E-state index in [2.05, 4.69) is 20.2 Å². The Bertz CT molecular complexity index is 721. The van der Waals surface area contributed by atoms with Gasteiger partial charge in [-0.25, -0.2) is 4.98 Å². The monoisotopic (exact) mass is 325 g/mol. The van der Waals surface area contributed by atoms with Gasteiger partial charge in [0.1, 0.15) is 11.6 Å². The largest absolute Gasteiger partial charge is 0.497 e.